The first-order valence-electron chi connectivity index (χ1n) is 5.68. The molecule has 0 aliphatic carbocycles. The Hall–Kier alpha value is -1.19. The Morgan fingerprint density at radius 2 is 2.00 bits per heavy atom. The largest absolute Gasteiger partial charge is 0.472 e. The van der Waals surface area contributed by atoms with Crippen molar-refractivity contribution in [1.82, 2.24) is 5.32 Å². The number of furan rings is 1. The summed E-state index contributed by atoms with van der Waals surface area (Å²) in [7, 11) is 0. The maximum absolute atomic E-state index is 5.04. The second-order valence-corrected chi connectivity index (χ2v) is 4.89. The van der Waals surface area contributed by atoms with Crippen LogP contribution in [0.1, 0.15) is 24.1 Å². The summed E-state index contributed by atoms with van der Waals surface area (Å²) in [4.78, 5) is 1.30. The van der Waals surface area contributed by atoms with Gasteiger partial charge in [-0.3, -0.25) is 0 Å². The van der Waals surface area contributed by atoms with Crippen LogP contribution < -0.4 is 5.32 Å². The van der Waals surface area contributed by atoms with Crippen molar-refractivity contribution < 1.29 is 4.42 Å². The summed E-state index contributed by atoms with van der Waals surface area (Å²) < 4.78 is 5.04. The molecule has 0 saturated heterocycles. The molecule has 17 heavy (non-hydrogen) atoms. The lowest BCUT2D eigenvalue weighted by Gasteiger charge is -2.13. The third-order valence-corrected chi connectivity index (χ3v) is 3.55. The van der Waals surface area contributed by atoms with Crippen molar-refractivity contribution in [3.63, 3.8) is 0 Å². The Bertz CT molecular complexity index is 436. The molecule has 1 N–H and O–H groups in total. The van der Waals surface area contributed by atoms with E-state index < -0.39 is 0 Å². The van der Waals surface area contributed by atoms with Gasteiger partial charge in [-0.05, 0) is 36.9 Å². The summed E-state index contributed by atoms with van der Waals surface area (Å²) in [5.74, 6) is 0. The van der Waals surface area contributed by atoms with Crippen LogP contribution in [0.3, 0.4) is 0 Å². The molecule has 3 heteroatoms. The molecule has 1 unspecified atom stereocenters. The quantitative estimate of drug-likeness (QED) is 0.812. The zero-order chi connectivity index (χ0) is 12.1. The molecule has 0 aliphatic heterocycles. The Kier molecular flexibility index (Phi) is 4.29. The van der Waals surface area contributed by atoms with Crippen LogP contribution in [-0.4, -0.2) is 6.26 Å². The van der Waals surface area contributed by atoms with Crippen molar-refractivity contribution in [2.24, 2.45) is 0 Å². The minimum atomic E-state index is 0.348. The van der Waals surface area contributed by atoms with Crippen LogP contribution in [0.2, 0.25) is 0 Å². The van der Waals surface area contributed by atoms with Gasteiger partial charge in [0.05, 0.1) is 12.5 Å². The van der Waals surface area contributed by atoms with Gasteiger partial charge in [-0.1, -0.05) is 12.1 Å². The Morgan fingerprint density at radius 3 is 2.59 bits per heavy atom. The third-order valence-electron chi connectivity index (χ3n) is 2.81. The summed E-state index contributed by atoms with van der Waals surface area (Å²) in [6, 6.07) is 11.0. The second kappa shape index (κ2) is 5.94. The number of thioether (sulfide) groups is 1. The summed E-state index contributed by atoms with van der Waals surface area (Å²) in [5.41, 5.74) is 2.49. The average molecular weight is 247 g/mol. The van der Waals surface area contributed by atoms with E-state index in [2.05, 4.69) is 42.8 Å². The van der Waals surface area contributed by atoms with Crippen LogP contribution in [-0.2, 0) is 6.54 Å². The Balaban J connectivity index is 1.92. The highest BCUT2D eigenvalue weighted by Crippen LogP contribution is 2.19. The van der Waals surface area contributed by atoms with Gasteiger partial charge in [-0.15, -0.1) is 11.8 Å². The summed E-state index contributed by atoms with van der Waals surface area (Å²) in [5, 5.41) is 3.47. The van der Waals surface area contributed by atoms with Gasteiger partial charge >= 0.3 is 0 Å². The van der Waals surface area contributed by atoms with Crippen molar-refractivity contribution in [1.29, 1.82) is 0 Å². The maximum Gasteiger partial charge on any atom is 0.0947 e. The smallest absolute Gasteiger partial charge is 0.0947 e. The fourth-order valence-corrected chi connectivity index (χ4v) is 2.08. The van der Waals surface area contributed by atoms with Gasteiger partial charge in [-0.2, -0.15) is 0 Å². The first-order valence-corrected chi connectivity index (χ1v) is 6.90. The molecule has 1 aromatic carbocycles. The topological polar surface area (TPSA) is 25.2 Å². The molecule has 0 amide bonds. The van der Waals surface area contributed by atoms with Gasteiger partial charge < -0.3 is 9.73 Å². The lowest BCUT2D eigenvalue weighted by Crippen LogP contribution is -2.17. The minimum absolute atomic E-state index is 0.348. The predicted octanol–water partition coefficient (Wildman–Crippen LogP) is 3.85. The molecule has 0 fully saturated rings. The van der Waals surface area contributed by atoms with Crippen molar-refractivity contribution in [2.45, 2.75) is 24.4 Å². The van der Waals surface area contributed by atoms with Gasteiger partial charge in [0.1, 0.15) is 0 Å². The number of rotatable bonds is 5. The summed E-state index contributed by atoms with van der Waals surface area (Å²) in [6.45, 7) is 3.01. The van der Waals surface area contributed by atoms with E-state index in [9.17, 15) is 0 Å². The molecule has 0 bridgehead atoms. The average Bonchev–Trinajstić information content (AvgIpc) is 2.89. The standard InChI is InChI=1S/C14H17NOS/c1-11(15-9-12-7-8-16-10-12)13-3-5-14(17-2)6-4-13/h3-8,10-11,15H,9H2,1-2H3. The molecule has 1 atom stereocenters. The molecule has 2 nitrogen and oxygen atoms in total. The van der Waals surface area contributed by atoms with Gasteiger partial charge in [0.15, 0.2) is 0 Å². The van der Waals surface area contributed by atoms with Gasteiger partial charge in [0.25, 0.3) is 0 Å². The van der Waals surface area contributed by atoms with Crippen molar-refractivity contribution in [3.8, 4) is 0 Å². The van der Waals surface area contributed by atoms with Crippen LogP contribution in [0.15, 0.2) is 52.2 Å². The first-order chi connectivity index (χ1) is 8.29. The van der Waals surface area contributed by atoms with E-state index in [0.717, 1.165) is 6.54 Å². The Morgan fingerprint density at radius 1 is 1.24 bits per heavy atom. The molecule has 1 heterocycles. The van der Waals surface area contributed by atoms with E-state index >= 15 is 0 Å². The molecule has 2 aromatic rings. The first kappa shape index (κ1) is 12.3. The Labute approximate surface area is 106 Å². The van der Waals surface area contributed by atoms with Gasteiger partial charge in [-0.25, -0.2) is 0 Å². The highest BCUT2D eigenvalue weighted by Gasteiger charge is 2.05. The summed E-state index contributed by atoms with van der Waals surface area (Å²) >= 11 is 1.77. The lowest BCUT2D eigenvalue weighted by atomic mass is 10.1. The molecular weight excluding hydrogens is 230 g/mol. The molecule has 0 saturated carbocycles. The highest BCUT2D eigenvalue weighted by molar-refractivity contribution is 7.98. The molecule has 0 aliphatic rings. The van der Waals surface area contributed by atoms with Crippen LogP contribution in [0.25, 0.3) is 0 Å². The zero-order valence-corrected chi connectivity index (χ0v) is 11.0. The van der Waals surface area contributed by atoms with Crippen molar-refractivity contribution >= 4 is 11.8 Å². The molecule has 90 valence electrons. The number of hydrogen-bond acceptors (Lipinski definition) is 3. The van der Waals surface area contributed by atoms with Gasteiger partial charge in [0, 0.05) is 23.0 Å². The monoisotopic (exact) mass is 247 g/mol. The molecule has 1 aromatic heterocycles. The van der Waals surface area contributed by atoms with E-state index in [1.54, 1.807) is 24.3 Å². The summed E-state index contributed by atoms with van der Waals surface area (Å²) in [6.07, 6.45) is 5.57. The second-order valence-electron chi connectivity index (χ2n) is 4.01. The van der Waals surface area contributed by atoms with E-state index in [1.165, 1.54) is 16.0 Å². The molecule has 0 spiro atoms. The number of hydrogen-bond donors (Lipinski definition) is 1. The third kappa shape index (κ3) is 3.38. The van der Waals surface area contributed by atoms with E-state index in [0.29, 0.717) is 6.04 Å². The van der Waals surface area contributed by atoms with E-state index in [-0.39, 0.29) is 0 Å². The number of benzene rings is 1. The zero-order valence-electron chi connectivity index (χ0n) is 10.1. The normalized spacial score (nSPS) is 12.6. The van der Waals surface area contributed by atoms with Crippen LogP contribution in [0.4, 0.5) is 0 Å². The SMILES string of the molecule is CSc1ccc(C(C)NCc2ccoc2)cc1. The molecule has 2 rings (SSSR count). The van der Waals surface area contributed by atoms with E-state index in [1.807, 2.05) is 6.07 Å². The predicted molar refractivity (Wildman–Crippen MR) is 72.2 cm³/mol. The van der Waals surface area contributed by atoms with Crippen LogP contribution in [0, 0.1) is 0 Å². The molecular formula is C14H17NOS. The van der Waals surface area contributed by atoms with Crippen LogP contribution >= 0.6 is 11.8 Å². The fraction of sp³-hybridized carbons (Fsp3) is 0.286. The lowest BCUT2D eigenvalue weighted by molar-refractivity contribution is 0.546. The highest BCUT2D eigenvalue weighted by atomic mass is 32.2. The molecule has 0 radical (unpaired) electrons. The van der Waals surface area contributed by atoms with Crippen molar-refractivity contribution in [2.75, 3.05) is 6.26 Å². The van der Waals surface area contributed by atoms with Crippen LogP contribution in [0.5, 0.6) is 0 Å². The maximum atomic E-state index is 5.04. The van der Waals surface area contributed by atoms with Gasteiger partial charge in [0.2, 0.25) is 0 Å². The van der Waals surface area contributed by atoms with E-state index in [4.69, 9.17) is 4.42 Å². The number of nitrogens with one attached hydrogen (secondary N) is 1. The fourth-order valence-electron chi connectivity index (χ4n) is 1.67. The van der Waals surface area contributed by atoms with Crippen molar-refractivity contribution in [3.05, 3.63) is 54.0 Å². The minimum Gasteiger partial charge on any atom is -0.472 e.